The third kappa shape index (κ3) is 4.14. The minimum absolute atomic E-state index is 0.244. The number of hydrogen-bond acceptors (Lipinski definition) is 5. The molecule has 0 saturated carbocycles. The van der Waals surface area contributed by atoms with E-state index in [1.165, 1.54) is 6.92 Å². The number of carbonyl (C=O) groups excluding carboxylic acids is 2. The fourth-order valence-electron chi connectivity index (χ4n) is 3.24. The molecular formula is C24H20O5. The number of fused-ring (bicyclic) bond motifs is 1. The highest BCUT2D eigenvalue weighted by Crippen LogP contribution is 2.40. The standard InChI is InChI=1S/C24H20O5/c1-16(25)23-20-12-19(27-14-17-8-4-2-5-9-17)13-21(22(20)24(26)29-23)28-15-18-10-6-3-7-11-18/h2-13,23H,14-15H2,1H3/t23-/m0/s1. The number of ether oxygens (including phenoxy) is 3. The zero-order valence-electron chi connectivity index (χ0n) is 16.0. The number of esters is 1. The predicted octanol–water partition coefficient (Wildman–Crippen LogP) is 4.65. The fourth-order valence-corrected chi connectivity index (χ4v) is 3.24. The van der Waals surface area contributed by atoms with Crippen LogP contribution in [0.1, 0.15) is 40.1 Å². The van der Waals surface area contributed by atoms with Crippen LogP contribution in [0.5, 0.6) is 11.5 Å². The van der Waals surface area contributed by atoms with Gasteiger partial charge in [0.05, 0.1) is 0 Å². The van der Waals surface area contributed by atoms with Crippen molar-refractivity contribution >= 4 is 11.8 Å². The van der Waals surface area contributed by atoms with E-state index >= 15 is 0 Å². The molecule has 1 heterocycles. The summed E-state index contributed by atoms with van der Waals surface area (Å²) < 4.78 is 17.1. The molecule has 5 nitrogen and oxygen atoms in total. The Morgan fingerprint density at radius 1 is 0.897 bits per heavy atom. The smallest absolute Gasteiger partial charge is 0.343 e. The lowest BCUT2D eigenvalue weighted by molar-refractivity contribution is -0.125. The molecule has 3 aromatic rings. The average Bonchev–Trinajstić information content (AvgIpc) is 3.09. The molecule has 29 heavy (non-hydrogen) atoms. The van der Waals surface area contributed by atoms with Crippen LogP contribution in [0.25, 0.3) is 0 Å². The lowest BCUT2D eigenvalue weighted by atomic mass is 10.0. The van der Waals surface area contributed by atoms with Gasteiger partial charge >= 0.3 is 5.97 Å². The van der Waals surface area contributed by atoms with E-state index < -0.39 is 12.1 Å². The van der Waals surface area contributed by atoms with Crippen LogP contribution >= 0.6 is 0 Å². The van der Waals surface area contributed by atoms with Crippen molar-refractivity contribution in [2.24, 2.45) is 0 Å². The van der Waals surface area contributed by atoms with E-state index in [1.807, 2.05) is 60.7 Å². The highest BCUT2D eigenvalue weighted by Gasteiger charge is 2.37. The lowest BCUT2D eigenvalue weighted by Gasteiger charge is -2.14. The number of rotatable bonds is 7. The SMILES string of the molecule is CC(=O)[C@@H]1OC(=O)c2c(OCc3ccccc3)cc(OCc3ccccc3)cc21. The molecule has 0 radical (unpaired) electrons. The number of carbonyl (C=O) groups is 2. The summed E-state index contributed by atoms with van der Waals surface area (Å²) in [4.78, 5) is 24.4. The predicted molar refractivity (Wildman–Crippen MR) is 107 cm³/mol. The number of hydrogen-bond donors (Lipinski definition) is 0. The summed E-state index contributed by atoms with van der Waals surface area (Å²) in [6.45, 7) is 2.04. The third-order valence-corrected chi connectivity index (χ3v) is 4.67. The molecule has 0 bridgehead atoms. The molecule has 4 rings (SSSR count). The van der Waals surface area contributed by atoms with Crippen LogP contribution in [0.15, 0.2) is 72.8 Å². The van der Waals surface area contributed by atoms with Crippen molar-refractivity contribution in [3.63, 3.8) is 0 Å². The van der Waals surface area contributed by atoms with Gasteiger partial charge in [0.2, 0.25) is 0 Å². The maximum atomic E-state index is 12.4. The maximum Gasteiger partial charge on any atom is 0.343 e. The Morgan fingerprint density at radius 3 is 2.07 bits per heavy atom. The maximum absolute atomic E-state index is 12.4. The first-order valence-corrected chi connectivity index (χ1v) is 9.34. The molecule has 0 unspecified atom stereocenters. The van der Waals surface area contributed by atoms with Gasteiger partial charge < -0.3 is 14.2 Å². The Morgan fingerprint density at radius 2 is 1.48 bits per heavy atom. The molecule has 0 fully saturated rings. The van der Waals surface area contributed by atoms with Crippen molar-refractivity contribution < 1.29 is 23.8 Å². The van der Waals surface area contributed by atoms with Crippen molar-refractivity contribution in [1.29, 1.82) is 0 Å². The Bertz CT molecular complexity index is 1030. The van der Waals surface area contributed by atoms with Crippen molar-refractivity contribution in [3.05, 3.63) is 95.1 Å². The van der Waals surface area contributed by atoms with Gasteiger partial charge in [-0.25, -0.2) is 4.79 Å². The molecule has 0 aliphatic carbocycles. The number of benzene rings is 3. The van der Waals surface area contributed by atoms with E-state index in [1.54, 1.807) is 12.1 Å². The molecular weight excluding hydrogens is 368 g/mol. The summed E-state index contributed by atoms with van der Waals surface area (Å²) in [5.74, 6) is 0.0626. The summed E-state index contributed by atoms with van der Waals surface area (Å²) >= 11 is 0. The van der Waals surface area contributed by atoms with Crippen molar-refractivity contribution in [1.82, 2.24) is 0 Å². The summed E-state index contributed by atoms with van der Waals surface area (Å²) in [5.41, 5.74) is 2.74. The largest absolute Gasteiger partial charge is 0.489 e. The number of ketones is 1. The van der Waals surface area contributed by atoms with Crippen LogP contribution in [-0.4, -0.2) is 11.8 Å². The van der Waals surface area contributed by atoms with Crippen molar-refractivity contribution in [2.75, 3.05) is 0 Å². The van der Waals surface area contributed by atoms with Crippen LogP contribution < -0.4 is 9.47 Å². The molecule has 1 atom stereocenters. The van der Waals surface area contributed by atoms with Crippen LogP contribution in [0.3, 0.4) is 0 Å². The van der Waals surface area contributed by atoms with Crippen LogP contribution in [0, 0.1) is 0 Å². The summed E-state index contributed by atoms with van der Waals surface area (Å²) in [5, 5.41) is 0. The first kappa shape index (κ1) is 18.7. The first-order chi connectivity index (χ1) is 14.1. The Kier molecular flexibility index (Phi) is 5.29. The third-order valence-electron chi connectivity index (χ3n) is 4.67. The normalized spacial score (nSPS) is 14.8. The lowest BCUT2D eigenvalue weighted by Crippen LogP contribution is -2.08. The van der Waals surface area contributed by atoms with Gasteiger partial charge in [-0.15, -0.1) is 0 Å². The highest BCUT2D eigenvalue weighted by molar-refractivity contribution is 6.02. The van der Waals surface area contributed by atoms with Gasteiger partial charge in [0.25, 0.3) is 0 Å². The molecule has 0 amide bonds. The molecule has 0 N–H and O–H groups in total. The van der Waals surface area contributed by atoms with E-state index in [-0.39, 0.29) is 18.0 Å². The molecule has 146 valence electrons. The molecule has 0 spiro atoms. The van der Waals surface area contributed by atoms with E-state index in [2.05, 4.69) is 0 Å². The van der Waals surface area contributed by atoms with E-state index in [4.69, 9.17) is 14.2 Å². The molecule has 3 aromatic carbocycles. The minimum Gasteiger partial charge on any atom is -0.489 e. The summed E-state index contributed by atoms with van der Waals surface area (Å²) in [7, 11) is 0. The van der Waals surface area contributed by atoms with Gasteiger partial charge in [0.1, 0.15) is 30.3 Å². The summed E-state index contributed by atoms with van der Waals surface area (Å²) in [6.07, 6.45) is -0.933. The Labute approximate surface area is 168 Å². The van der Waals surface area contributed by atoms with Gasteiger partial charge in [-0.2, -0.15) is 0 Å². The van der Waals surface area contributed by atoms with E-state index in [0.29, 0.717) is 23.7 Å². The molecule has 1 aliphatic heterocycles. The van der Waals surface area contributed by atoms with Gasteiger partial charge in [-0.1, -0.05) is 60.7 Å². The molecule has 0 saturated heterocycles. The second-order valence-corrected chi connectivity index (χ2v) is 6.83. The second-order valence-electron chi connectivity index (χ2n) is 6.83. The second kappa shape index (κ2) is 8.19. The van der Waals surface area contributed by atoms with Crippen LogP contribution in [-0.2, 0) is 22.7 Å². The van der Waals surface area contributed by atoms with Gasteiger partial charge in [0.15, 0.2) is 11.9 Å². The van der Waals surface area contributed by atoms with Crippen molar-refractivity contribution in [3.8, 4) is 11.5 Å². The Balaban J connectivity index is 1.64. The fraction of sp³-hybridized carbons (Fsp3) is 0.167. The van der Waals surface area contributed by atoms with E-state index in [0.717, 1.165) is 11.1 Å². The highest BCUT2D eigenvalue weighted by atomic mass is 16.6. The summed E-state index contributed by atoms with van der Waals surface area (Å²) in [6, 6.07) is 22.7. The topological polar surface area (TPSA) is 61.8 Å². The van der Waals surface area contributed by atoms with E-state index in [9.17, 15) is 9.59 Å². The first-order valence-electron chi connectivity index (χ1n) is 9.34. The van der Waals surface area contributed by atoms with Crippen LogP contribution in [0.2, 0.25) is 0 Å². The molecule has 0 aromatic heterocycles. The van der Waals surface area contributed by atoms with Crippen LogP contribution in [0.4, 0.5) is 0 Å². The van der Waals surface area contributed by atoms with Gasteiger partial charge in [-0.05, 0) is 24.1 Å². The zero-order valence-corrected chi connectivity index (χ0v) is 16.0. The zero-order chi connectivity index (χ0) is 20.2. The molecule has 1 aliphatic rings. The number of cyclic esters (lactones) is 1. The van der Waals surface area contributed by atoms with Gasteiger partial charge in [-0.3, -0.25) is 4.79 Å². The van der Waals surface area contributed by atoms with Gasteiger partial charge in [0, 0.05) is 11.6 Å². The Hall–Kier alpha value is -3.60. The monoisotopic (exact) mass is 388 g/mol. The quantitative estimate of drug-likeness (QED) is 0.552. The van der Waals surface area contributed by atoms with Crippen molar-refractivity contribution in [2.45, 2.75) is 26.2 Å². The molecule has 5 heteroatoms. The average molecular weight is 388 g/mol. The number of Topliss-reactive ketones (excluding diaryl/α,β-unsaturated/α-hetero) is 1. The minimum atomic E-state index is -0.933.